The van der Waals surface area contributed by atoms with E-state index in [0.717, 1.165) is 18.5 Å². The van der Waals surface area contributed by atoms with Gasteiger partial charge in [0.15, 0.2) is 5.78 Å². The number of allylic oxidation sites excluding steroid dienone is 2. The first kappa shape index (κ1) is 19.0. The van der Waals surface area contributed by atoms with Gasteiger partial charge >= 0.3 is 0 Å². The molecule has 0 aliphatic heterocycles. The molecule has 0 heterocycles. The normalized spacial score (nSPS) is 14.3. The molecule has 1 aliphatic rings. The van der Waals surface area contributed by atoms with Crippen LogP contribution in [-0.2, 0) is 9.59 Å². The molecule has 0 radical (unpaired) electrons. The standard InChI is InChI=1S/C18H22ClN3O3/c1-11-15(4-3-5-17(11)24)22-16-10-13(6-7-14(16)19)18(25)21-9-8-20-12(2)23/h6-7,10,22H,3-5,8-9H2,1-2H3,(H,20,23)(H,21,25). The number of rotatable bonds is 6. The summed E-state index contributed by atoms with van der Waals surface area (Å²) < 4.78 is 0. The van der Waals surface area contributed by atoms with Crippen molar-refractivity contribution in [2.24, 2.45) is 0 Å². The molecule has 0 aromatic heterocycles. The smallest absolute Gasteiger partial charge is 0.251 e. The van der Waals surface area contributed by atoms with Crippen LogP contribution >= 0.6 is 11.6 Å². The van der Waals surface area contributed by atoms with Gasteiger partial charge in [-0.05, 0) is 38.0 Å². The van der Waals surface area contributed by atoms with Gasteiger partial charge in [0.05, 0.1) is 10.7 Å². The van der Waals surface area contributed by atoms with E-state index in [-0.39, 0.29) is 17.6 Å². The first-order chi connectivity index (χ1) is 11.9. The van der Waals surface area contributed by atoms with Gasteiger partial charge in [0.2, 0.25) is 5.91 Å². The minimum atomic E-state index is -0.254. The predicted molar refractivity (Wildman–Crippen MR) is 97.6 cm³/mol. The Morgan fingerprint density at radius 2 is 1.88 bits per heavy atom. The monoisotopic (exact) mass is 363 g/mol. The summed E-state index contributed by atoms with van der Waals surface area (Å²) in [6, 6.07) is 4.94. The second-order valence-electron chi connectivity index (χ2n) is 5.94. The zero-order valence-electron chi connectivity index (χ0n) is 14.4. The number of nitrogens with one attached hydrogen (secondary N) is 3. The summed E-state index contributed by atoms with van der Waals surface area (Å²) in [5.41, 5.74) is 2.61. The zero-order valence-corrected chi connectivity index (χ0v) is 15.1. The summed E-state index contributed by atoms with van der Waals surface area (Å²) in [6.45, 7) is 3.93. The van der Waals surface area contributed by atoms with Gasteiger partial charge in [-0.2, -0.15) is 0 Å². The first-order valence-electron chi connectivity index (χ1n) is 8.20. The van der Waals surface area contributed by atoms with Crippen molar-refractivity contribution in [1.82, 2.24) is 10.6 Å². The fourth-order valence-corrected chi connectivity index (χ4v) is 2.73. The number of hydrogen-bond donors (Lipinski definition) is 3. The molecule has 25 heavy (non-hydrogen) atoms. The second-order valence-corrected chi connectivity index (χ2v) is 6.35. The molecule has 0 unspecified atom stereocenters. The highest BCUT2D eigenvalue weighted by atomic mass is 35.5. The fraction of sp³-hybridized carbons (Fsp3) is 0.389. The average molecular weight is 364 g/mol. The minimum absolute atomic E-state index is 0.136. The molecule has 3 N–H and O–H groups in total. The first-order valence-corrected chi connectivity index (χ1v) is 8.58. The summed E-state index contributed by atoms with van der Waals surface area (Å²) in [4.78, 5) is 34.8. The highest BCUT2D eigenvalue weighted by Gasteiger charge is 2.18. The second kappa shape index (κ2) is 8.67. The van der Waals surface area contributed by atoms with Crippen molar-refractivity contribution in [1.29, 1.82) is 0 Å². The van der Waals surface area contributed by atoms with E-state index in [1.54, 1.807) is 25.1 Å². The molecule has 0 saturated carbocycles. The predicted octanol–water partition coefficient (Wildman–Crippen LogP) is 2.64. The molecule has 0 atom stereocenters. The fourth-order valence-electron chi connectivity index (χ4n) is 2.57. The van der Waals surface area contributed by atoms with E-state index in [1.165, 1.54) is 6.92 Å². The molecule has 2 amide bonds. The minimum Gasteiger partial charge on any atom is -0.357 e. The van der Waals surface area contributed by atoms with E-state index in [1.807, 2.05) is 0 Å². The Bertz CT molecular complexity index is 728. The quantitative estimate of drug-likeness (QED) is 0.678. The van der Waals surface area contributed by atoms with E-state index in [2.05, 4.69) is 16.0 Å². The Morgan fingerprint density at radius 1 is 1.16 bits per heavy atom. The molecular formula is C18H22ClN3O3. The summed E-state index contributed by atoms with van der Waals surface area (Å²) in [5, 5.41) is 9.02. The van der Waals surface area contributed by atoms with E-state index in [0.29, 0.717) is 41.4 Å². The molecular weight excluding hydrogens is 342 g/mol. The third-order valence-electron chi connectivity index (χ3n) is 4.00. The Labute approximate surface area is 152 Å². The lowest BCUT2D eigenvalue weighted by Gasteiger charge is -2.19. The summed E-state index contributed by atoms with van der Waals surface area (Å²) >= 11 is 6.22. The number of benzene rings is 1. The maximum Gasteiger partial charge on any atom is 0.251 e. The van der Waals surface area contributed by atoms with Gasteiger partial charge in [0.25, 0.3) is 5.91 Å². The van der Waals surface area contributed by atoms with Crippen molar-refractivity contribution < 1.29 is 14.4 Å². The Balaban J connectivity index is 2.07. The van der Waals surface area contributed by atoms with Crippen molar-refractivity contribution in [2.75, 3.05) is 18.4 Å². The largest absolute Gasteiger partial charge is 0.357 e. The number of anilines is 1. The number of hydrogen-bond acceptors (Lipinski definition) is 4. The Kier molecular flexibility index (Phi) is 6.58. The van der Waals surface area contributed by atoms with Crippen LogP contribution in [0, 0.1) is 0 Å². The highest BCUT2D eigenvalue weighted by Crippen LogP contribution is 2.28. The maximum atomic E-state index is 12.2. The lowest BCUT2D eigenvalue weighted by atomic mass is 9.96. The van der Waals surface area contributed by atoms with Gasteiger partial charge in [-0.25, -0.2) is 0 Å². The number of ketones is 1. The molecule has 0 saturated heterocycles. The molecule has 2 rings (SSSR count). The zero-order chi connectivity index (χ0) is 18.4. The molecule has 134 valence electrons. The topological polar surface area (TPSA) is 87.3 Å². The van der Waals surface area contributed by atoms with E-state index in [9.17, 15) is 14.4 Å². The Morgan fingerprint density at radius 3 is 2.60 bits per heavy atom. The van der Waals surface area contributed by atoms with Crippen LogP contribution in [0.2, 0.25) is 5.02 Å². The lowest BCUT2D eigenvalue weighted by molar-refractivity contribution is -0.119. The van der Waals surface area contributed by atoms with Crippen molar-refractivity contribution in [2.45, 2.75) is 33.1 Å². The number of amides is 2. The molecule has 0 fully saturated rings. The molecule has 1 aliphatic carbocycles. The van der Waals surface area contributed by atoms with E-state index >= 15 is 0 Å². The molecule has 6 nitrogen and oxygen atoms in total. The number of Topliss-reactive ketones (excluding diaryl/α,β-unsaturated/α-hetero) is 1. The summed E-state index contributed by atoms with van der Waals surface area (Å²) in [5.74, 6) is -0.259. The molecule has 0 bridgehead atoms. The van der Waals surface area contributed by atoms with Crippen LogP contribution in [0.1, 0.15) is 43.5 Å². The molecule has 0 spiro atoms. The van der Waals surface area contributed by atoms with Crippen LogP contribution < -0.4 is 16.0 Å². The van der Waals surface area contributed by atoms with Gasteiger partial charge in [-0.1, -0.05) is 11.6 Å². The van der Waals surface area contributed by atoms with Gasteiger partial charge in [-0.15, -0.1) is 0 Å². The summed E-state index contributed by atoms with van der Waals surface area (Å²) in [6.07, 6.45) is 2.15. The van der Waals surface area contributed by atoms with Gasteiger partial charge in [0, 0.05) is 43.3 Å². The van der Waals surface area contributed by atoms with Crippen LogP contribution in [-0.4, -0.2) is 30.7 Å². The van der Waals surface area contributed by atoms with Crippen molar-refractivity contribution >= 4 is 34.9 Å². The maximum absolute atomic E-state index is 12.2. The molecule has 1 aromatic rings. The highest BCUT2D eigenvalue weighted by molar-refractivity contribution is 6.33. The van der Waals surface area contributed by atoms with Crippen molar-refractivity contribution in [3.05, 3.63) is 40.1 Å². The Hall–Kier alpha value is -2.34. The third-order valence-corrected chi connectivity index (χ3v) is 4.33. The molecule has 7 heteroatoms. The van der Waals surface area contributed by atoms with Crippen LogP contribution in [0.25, 0.3) is 0 Å². The van der Waals surface area contributed by atoms with Crippen molar-refractivity contribution in [3.63, 3.8) is 0 Å². The number of carbonyl (C=O) groups excluding carboxylic acids is 3. The van der Waals surface area contributed by atoms with Crippen LogP contribution in [0.5, 0.6) is 0 Å². The van der Waals surface area contributed by atoms with E-state index in [4.69, 9.17) is 11.6 Å². The van der Waals surface area contributed by atoms with Crippen molar-refractivity contribution in [3.8, 4) is 0 Å². The SMILES string of the molecule is CC(=O)NCCNC(=O)c1ccc(Cl)c(NC2=C(C)C(=O)CCC2)c1. The molecule has 1 aromatic carbocycles. The van der Waals surface area contributed by atoms with Gasteiger partial charge in [0.1, 0.15) is 0 Å². The van der Waals surface area contributed by atoms with E-state index < -0.39 is 0 Å². The number of halogens is 1. The number of carbonyl (C=O) groups is 3. The average Bonchev–Trinajstić information content (AvgIpc) is 2.57. The summed E-state index contributed by atoms with van der Waals surface area (Å²) in [7, 11) is 0. The lowest BCUT2D eigenvalue weighted by Crippen LogP contribution is -2.33. The van der Waals surface area contributed by atoms with Crippen LogP contribution in [0.4, 0.5) is 5.69 Å². The van der Waals surface area contributed by atoms with Crippen LogP contribution in [0.15, 0.2) is 29.5 Å². The van der Waals surface area contributed by atoms with Crippen LogP contribution in [0.3, 0.4) is 0 Å². The third kappa shape index (κ3) is 5.32. The van der Waals surface area contributed by atoms with Gasteiger partial charge < -0.3 is 16.0 Å². The van der Waals surface area contributed by atoms with Gasteiger partial charge in [-0.3, -0.25) is 14.4 Å².